The molecule has 1 heterocycles. The highest BCUT2D eigenvalue weighted by molar-refractivity contribution is 5.94. The molecule has 1 N–H and O–H groups in total. The van der Waals surface area contributed by atoms with Gasteiger partial charge in [0.25, 0.3) is 5.91 Å². The molecule has 0 spiro atoms. The van der Waals surface area contributed by atoms with Gasteiger partial charge in [-0.2, -0.15) is 0 Å². The third-order valence-electron chi connectivity index (χ3n) is 3.10. The number of carbonyl (C=O) groups is 2. The first-order valence-corrected chi connectivity index (χ1v) is 6.65. The van der Waals surface area contributed by atoms with Gasteiger partial charge in [-0.3, -0.25) is 14.9 Å². The van der Waals surface area contributed by atoms with Gasteiger partial charge >= 0.3 is 11.9 Å². The van der Waals surface area contributed by atoms with Gasteiger partial charge in [-0.1, -0.05) is 6.07 Å². The van der Waals surface area contributed by atoms with E-state index in [1.807, 2.05) is 19.9 Å². The summed E-state index contributed by atoms with van der Waals surface area (Å²) in [6.45, 7) is 3.33. The molecule has 0 atom stereocenters. The summed E-state index contributed by atoms with van der Waals surface area (Å²) < 4.78 is 9.42. The molecule has 8 nitrogen and oxygen atoms in total. The molecule has 1 aromatic heterocycles. The van der Waals surface area contributed by atoms with Gasteiger partial charge in [-0.15, -0.1) is 0 Å². The highest BCUT2D eigenvalue weighted by Gasteiger charge is 2.19. The van der Waals surface area contributed by atoms with E-state index in [-0.39, 0.29) is 5.76 Å². The van der Waals surface area contributed by atoms with E-state index in [0.29, 0.717) is 5.69 Å². The van der Waals surface area contributed by atoms with Crippen LogP contribution in [0.4, 0.5) is 11.6 Å². The van der Waals surface area contributed by atoms with Crippen LogP contribution in [0.3, 0.4) is 0 Å². The number of hydrogen-bond donors (Lipinski definition) is 1. The number of esters is 1. The number of carbonyl (C=O) groups excluding carboxylic acids is 2. The van der Waals surface area contributed by atoms with E-state index in [0.717, 1.165) is 23.3 Å². The van der Waals surface area contributed by atoms with Gasteiger partial charge < -0.3 is 14.5 Å². The van der Waals surface area contributed by atoms with Crippen molar-refractivity contribution in [1.82, 2.24) is 0 Å². The van der Waals surface area contributed by atoms with E-state index in [1.54, 1.807) is 12.1 Å². The number of ether oxygens (including phenoxy) is 1. The molecule has 2 rings (SSSR count). The summed E-state index contributed by atoms with van der Waals surface area (Å²) in [6, 6.07) is 7.54. The highest BCUT2D eigenvalue weighted by atomic mass is 16.7. The fraction of sp³-hybridized carbons (Fsp3) is 0.200. The molecular formula is C15H14N2O6. The molecule has 23 heavy (non-hydrogen) atoms. The Bertz CT molecular complexity index is 765. The molecule has 2 aromatic rings. The quantitative estimate of drug-likeness (QED) is 0.515. The van der Waals surface area contributed by atoms with Crippen molar-refractivity contribution in [1.29, 1.82) is 0 Å². The van der Waals surface area contributed by atoms with E-state index in [1.165, 1.54) is 0 Å². The average Bonchev–Trinajstić information content (AvgIpc) is 2.99. The number of rotatable bonds is 5. The number of aryl methyl sites for hydroxylation is 2. The zero-order valence-electron chi connectivity index (χ0n) is 12.5. The number of nitrogens with one attached hydrogen (secondary N) is 1. The number of anilines is 1. The predicted octanol–water partition coefficient (Wildman–Crippen LogP) is 2.60. The maximum Gasteiger partial charge on any atom is 0.433 e. The van der Waals surface area contributed by atoms with Gasteiger partial charge in [0.15, 0.2) is 6.61 Å². The summed E-state index contributed by atoms with van der Waals surface area (Å²) in [5.41, 5.74) is 2.69. The van der Waals surface area contributed by atoms with Gasteiger partial charge in [0.05, 0.1) is 6.07 Å². The minimum atomic E-state index is -0.951. The van der Waals surface area contributed by atoms with Crippen LogP contribution < -0.4 is 5.32 Å². The van der Waals surface area contributed by atoms with Crippen LogP contribution in [-0.2, 0) is 9.53 Å². The third kappa shape index (κ3) is 4.16. The second-order valence-electron chi connectivity index (χ2n) is 4.82. The number of amides is 1. The molecule has 0 aliphatic rings. The van der Waals surface area contributed by atoms with Crippen molar-refractivity contribution in [3.8, 4) is 0 Å². The lowest BCUT2D eigenvalue weighted by Crippen LogP contribution is -2.20. The fourth-order valence-electron chi connectivity index (χ4n) is 1.75. The first-order valence-electron chi connectivity index (χ1n) is 6.65. The molecule has 0 aliphatic heterocycles. The molecule has 0 bridgehead atoms. The largest absolute Gasteiger partial charge is 0.450 e. The molecular weight excluding hydrogens is 304 g/mol. The van der Waals surface area contributed by atoms with Crippen LogP contribution in [0.1, 0.15) is 21.7 Å². The zero-order chi connectivity index (χ0) is 17.0. The Labute approximate surface area is 131 Å². The lowest BCUT2D eigenvalue weighted by atomic mass is 10.1. The van der Waals surface area contributed by atoms with Crippen LogP contribution in [-0.4, -0.2) is 23.4 Å². The van der Waals surface area contributed by atoms with E-state index >= 15 is 0 Å². The van der Waals surface area contributed by atoms with Gasteiger partial charge in [0.2, 0.25) is 5.76 Å². The Balaban J connectivity index is 1.89. The Morgan fingerprint density at radius 3 is 2.57 bits per heavy atom. The van der Waals surface area contributed by atoms with Crippen LogP contribution in [0.15, 0.2) is 34.7 Å². The van der Waals surface area contributed by atoms with Gasteiger partial charge in [-0.25, -0.2) is 4.79 Å². The number of nitrogens with zero attached hydrogens (tertiary/aromatic N) is 1. The van der Waals surface area contributed by atoms with Crippen molar-refractivity contribution in [3.63, 3.8) is 0 Å². The molecule has 0 saturated heterocycles. The van der Waals surface area contributed by atoms with Crippen molar-refractivity contribution < 1.29 is 23.7 Å². The molecule has 0 aliphatic carbocycles. The summed E-state index contributed by atoms with van der Waals surface area (Å²) in [7, 11) is 0. The van der Waals surface area contributed by atoms with Crippen molar-refractivity contribution >= 4 is 23.4 Å². The van der Waals surface area contributed by atoms with Crippen LogP contribution in [0, 0.1) is 24.0 Å². The summed E-state index contributed by atoms with van der Waals surface area (Å²) in [5, 5.41) is 13.0. The first kappa shape index (κ1) is 16.2. The Morgan fingerprint density at radius 2 is 1.96 bits per heavy atom. The summed E-state index contributed by atoms with van der Waals surface area (Å²) in [4.78, 5) is 33.0. The minimum Gasteiger partial charge on any atom is -0.450 e. The Kier molecular flexibility index (Phi) is 4.75. The van der Waals surface area contributed by atoms with Crippen LogP contribution in [0.25, 0.3) is 0 Å². The SMILES string of the molecule is Cc1ccc(NC(=O)COC(=O)c2ccc([N+](=O)[O-])o2)cc1C. The predicted molar refractivity (Wildman–Crippen MR) is 80.2 cm³/mol. The van der Waals surface area contributed by atoms with Crippen LogP contribution in [0.2, 0.25) is 0 Å². The van der Waals surface area contributed by atoms with Crippen molar-refractivity contribution in [2.75, 3.05) is 11.9 Å². The summed E-state index contributed by atoms with van der Waals surface area (Å²) in [5.74, 6) is -2.39. The number of nitro groups is 1. The number of hydrogen-bond acceptors (Lipinski definition) is 6. The lowest BCUT2D eigenvalue weighted by molar-refractivity contribution is -0.402. The van der Waals surface area contributed by atoms with Gasteiger partial charge in [0, 0.05) is 5.69 Å². The molecule has 8 heteroatoms. The zero-order valence-corrected chi connectivity index (χ0v) is 12.5. The topological polar surface area (TPSA) is 112 Å². The molecule has 0 saturated carbocycles. The van der Waals surface area contributed by atoms with Crippen LogP contribution >= 0.6 is 0 Å². The normalized spacial score (nSPS) is 10.2. The van der Waals surface area contributed by atoms with E-state index in [2.05, 4.69) is 9.73 Å². The Hall–Kier alpha value is -3.16. The number of furan rings is 1. The Morgan fingerprint density at radius 1 is 1.22 bits per heavy atom. The van der Waals surface area contributed by atoms with Gasteiger partial charge in [-0.05, 0) is 43.2 Å². The summed E-state index contributed by atoms with van der Waals surface area (Å²) in [6.07, 6.45) is 0. The molecule has 120 valence electrons. The lowest BCUT2D eigenvalue weighted by Gasteiger charge is -2.07. The third-order valence-corrected chi connectivity index (χ3v) is 3.10. The standard InChI is InChI=1S/C15H14N2O6/c1-9-3-4-11(7-10(9)2)16-13(18)8-22-15(19)12-5-6-14(23-12)17(20)21/h3-7H,8H2,1-2H3,(H,16,18). The molecule has 0 fully saturated rings. The first-order chi connectivity index (χ1) is 10.9. The van der Waals surface area contributed by atoms with E-state index < -0.39 is 29.3 Å². The maximum atomic E-state index is 11.7. The number of benzene rings is 1. The van der Waals surface area contributed by atoms with Crippen LogP contribution in [0.5, 0.6) is 0 Å². The molecule has 0 radical (unpaired) electrons. The second kappa shape index (κ2) is 6.73. The van der Waals surface area contributed by atoms with Crippen molar-refractivity contribution in [3.05, 3.63) is 57.3 Å². The van der Waals surface area contributed by atoms with E-state index in [9.17, 15) is 19.7 Å². The van der Waals surface area contributed by atoms with E-state index in [4.69, 9.17) is 4.74 Å². The monoisotopic (exact) mass is 318 g/mol. The molecule has 1 aromatic carbocycles. The average molecular weight is 318 g/mol. The molecule has 0 unspecified atom stereocenters. The molecule has 1 amide bonds. The van der Waals surface area contributed by atoms with Crippen molar-refractivity contribution in [2.45, 2.75) is 13.8 Å². The maximum absolute atomic E-state index is 11.7. The summed E-state index contributed by atoms with van der Waals surface area (Å²) >= 11 is 0. The second-order valence-corrected chi connectivity index (χ2v) is 4.82. The smallest absolute Gasteiger partial charge is 0.433 e. The highest BCUT2D eigenvalue weighted by Crippen LogP contribution is 2.17. The fourth-order valence-corrected chi connectivity index (χ4v) is 1.75. The van der Waals surface area contributed by atoms with Gasteiger partial charge in [0.1, 0.15) is 4.92 Å². The van der Waals surface area contributed by atoms with Crippen molar-refractivity contribution in [2.24, 2.45) is 0 Å². The minimum absolute atomic E-state index is 0.337.